The van der Waals surface area contributed by atoms with Crippen molar-refractivity contribution in [3.8, 4) is 0 Å². The van der Waals surface area contributed by atoms with Gasteiger partial charge in [-0.05, 0) is 24.3 Å². The summed E-state index contributed by atoms with van der Waals surface area (Å²) in [6, 6.07) is 7.01. The van der Waals surface area contributed by atoms with Crippen molar-refractivity contribution in [2.45, 2.75) is 12.5 Å². The minimum Gasteiger partial charge on any atom is -0.375 e. The third-order valence-corrected chi connectivity index (χ3v) is 3.44. The molecule has 0 radical (unpaired) electrons. The summed E-state index contributed by atoms with van der Waals surface area (Å²) < 4.78 is 0. The number of nitrogens with zero attached hydrogens (tertiary/aromatic N) is 2. The van der Waals surface area contributed by atoms with Gasteiger partial charge in [0, 0.05) is 40.6 Å². The molecular formula is C15H13ClN4O. The lowest BCUT2D eigenvalue weighted by atomic mass is 10.1. The van der Waals surface area contributed by atoms with Crippen LogP contribution in [0, 0.1) is 0 Å². The molecule has 0 aliphatic rings. The van der Waals surface area contributed by atoms with E-state index in [0.29, 0.717) is 11.4 Å². The monoisotopic (exact) mass is 300 g/mol. The average Bonchev–Trinajstić information content (AvgIpc) is 2.99. The average molecular weight is 301 g/mol. The summed E-state index contributed by atoms with van der Waals surface area (Å²) in [5.74, 6) is 0. The molecule has 2 N–H and O–H groups in total. The first-order chi connectivity index (χ1) is 10.3. The van der Waals surface area contributed by atoms with Gasteiger partial charge in [-0.1, -0.05) is 11.6 Å². The van der Waals surface area contributed by atoms with Crippen LogP contribution in [0.25, 0.3) is 10.9 Å². The number of H-pyrrole nitrogens is 1. The van der Waals surface area contributed by atoms with Gasteiger partial charge >= 0.3 is 0 Å². The van der Waals surface area contributed by atoms with Gasteiger partial charge in [-0.15, -0.1) is 0 Å². The van der Waals surface area contributed by atoms with Crippen LogP contribution in [-0.4, -0.2) is 27.3 Å². The third kappa shape index (κ3) is 3.03. The number of fused-ring (bicyclic) bond motifs is 1. The van der Waals surface area contributed by atoms with E-state index in [2.05, 4.69) is 20.3 Å². The number of aldehydes is 1. The number of aromatic nitrogens is 3. The van der Waals surface area contributed by atoms with Crippen LogP contribution in [-0.2, 0) is 11.2 Å². The Balaban J connectivity index is 1.87. The zero-order chi connectivity index (χ0) is 14.7. The number of anilines is 1. The molecular weight excluding hydrogens is 288 g/mol. The van der Waals surface area contributed by atoms with E-state index < -0.39 is 0 Å². The summed E-state index contributed by atoms with van der Waals surface area (Å²) in [5.41, 5.74) is 2.55. The van der Waals surface area contributed by atoms with E-state index in [-0.39, 0.29) is 6.04 Å². The minimum atomic E-state index is -0.341. The number of halogens is 1. The molecule has 0 bridgehead atoms. The van der Waals surface area contributed by atoms with Crippen LogP contribution in [0.15, 0.2) is 43.0 Å². The number of hydrogen-bond donors (Lipinski definition) is 2. The van der Waals surface area contributed by atoms with Crippen LogP contribution in [0.2, 0.25) is 5.02 Å². The quantitative estimate of drug-likeness (QED) is 0.711. The molecule has 1 atom stereocenters. The summed E-state index contributed by atoms with van der Waals surface area (Å²) in [6.45, 7) is 0. The molecule has 2 heterocycles. The molecule has 106 valence electrons. The number of carbonyl (C=O) groups is 1. The van der Waals surface area contributed by atoms with E-state index in [1.165, 1.54) is 0 Å². The largest absolute Gasteiger partial charge is 0.375 e. The topological polar surface area (TPSA) is 70.7 Å². The van der Waals surface area contributed by atoms with Crippen molar-refractivity contribution in [2.75, 3.05) is 5.32 Å². The second-order valence-electron chi connectivity index (χ2n) is 4.69. The molecule has 0 aliphatic carbocycles. The Morgan fingerprint density at radius 1 is 1.38 bits per heavy atom. The van der Waals surface area contributed by atoms with Crippen LogP contribution in [0.4, 0.5) is 5.69 Å². The second kappa shape index (κ2) is 5.93. The minimum absolute atomic E-state index is 0.341. The van der Waals surface area contributed by atoms with Crippen LogP contribution in [0.3, 0.4) is 0 Å². The molecule has 6 heteroatoms. The summed E-state index contributed by atoms with van der Waals surface area (Å²) in [7, 11) is 0. The SMILES string of the molecule is O=C[C@H](Cc1cnc[nH]1)Nc1ccnc2cc(Cl)ccc12. The molecule has 2 aromatic heterocycles. The van der Waals surface area contributed by atoms with Gasteiger partial charge in [-0.3, -0.25) is 4.98 Å². The van der Waals surface area contributed by atoms with Gasteiger partial charge in [-0.25, -0.2) is 4.98 Å². The highest BCUT2D eigenvalue weighted by molar-refractivity contribution is 6.31. The van der Waals surface area contributed by atoms with Gasteiger partial charge in [0.2, 0.25) is 0 Å². The first-order valence-electron chi connectivity index (χ1n) is 6.49. The van der Waals surface area contributed by atoms with Crippen molar-refractivity contribution in [3.05, 3.63) is 53.7 Å². The highest BCUT2D eigenvalue weighted by Crippen LogP contribution is 2.25. The molecule has 5 nitrogen and oxygen atoms in total. The number of carbonyl (C=O) groups excluding carboxylic acids is 1. The normalized spacial score (nSPS) is 12.2. The summed E-state index contributed by atoms with van der Waals surface area (Å²) in [6.07, 6.45) is 6.44. The number of rotatable bonds is 5. The molecule has 0 fully saturated rings. The first-order valence-corrected chi connectivity index (χ1v) is 6.87. The summed E-state index contributed by atoms with van der Waals surface area (Å²) >= 11 is 5.97. The maximum Gasteiger partial charge on any atom is 0.142 e. The van der Waals surface area contributed by atoms with Crippen molar-refractivity contribution in [3.63, 3.8) is 0 Å². The van der Waals surface area contributed by atoms with E-state index in [0.717, 1.165) is 28.6 Å². The predicted molar refractivity (Wildman–Crippen MR) is 82.5 cm³/mol. The molecule has 1 aromatic carbocycles. The van der Waals surface area contributed by atoms with Crippen LogP contribution < -0.4 is 5.32 Å². The fourth-order valence-corrected chi connectivity index (χ4v) is 2.38. The molecule has 0 aliphatic heterocycles. The van der Waals surface area contributed by atoms with Crippen LogP contribution >= 0.6 is 11.6 Å². The van der Waals surface area contributed by atoms with Crippen molar-refractivity contribution in [1.82, 2.24) is 15.0 Å². The molecule has 21 heavy (non-hydrogen) atoms. The Kier molecular flexibility index (Phi) is 3.83. The first kappa shape index (κ1) is 13.6. The lowest BCUT2D eigenvalue weighted by Gasteiger charge is -2.15. The fraction of sp³-hybridized carbons (Fsp3) is 0.133. The maximum atomic E-state index is 11.3. The zero-order valence-electron chi connectivity index (χ0n) is 11.1. The highest BCUT2D eigenvalue weighted by atomic mass is 35.5. The van der Waals surface area contributed by atoms with Gasteiger partial charge in [0.05, 0.1) is 17.9 Å². The highest BCUT2D eigenvalue weighted by Gasteiger charge is 2.11. The van der Waals surface area contributed by atoms with E-state index in [1.54, 1.807) is 24.8 Å². The molecule has 0 saturated heterocycles. The van der Waals surface area contributed by atoms with E-state index in [9.17, 15) is 4.79 Å². The number of pyridine rings is 1. The van der Waals surface area contributed by atoms with Gasteiger partial charge < -0.3 is 15.1 Å². The molecule has 0 unspecified atom stereocenters. The Labute approximate surface area is 126 Å². The Morgan fingerprint density at radius 3 is 3.05 bits per heavy atom. The van der Waals surface area contributed by atoms with Crippen molar-refractivity contribution in [2.24, 2.45) is 0 Å². The molecule has 3 aromatic rings. The smallest absolute Gasteiger partial charge is 0.142 e. The maximum absolute atomic E-state index is 11.3. The lowest BCUT2D eigenvalue weighted by molar-refractivity contribution is -0.108. The van der Waals surface area contributed by atoms with Crippen molar-refractivity contribution in [1.29, 1.82) is 0 Å². The molecule has 0 spiro atoms. The number of imidazole rings is 1. The Morgan fingerprint density at radius 2 is 2.29 bits per heavy atom. The standard InChI is InChI=1S/C15H13ClN4O/c16-10-1-2-13-14(3-4-18-15(13)5-10)20-12(8-21)6-11-7-17-9-19-11/h1-5,7-9,12H,6H2,(H,17,19)(H,18,20)/t12-/m0/s1. The van der Waals surface area contributed by atoms with Gasteiger partial charge in [0.25, 0.3) is 0 Å². The predicted octanol–water partition coefficient (Wildman–Crippen LogP) is 2.83. The zero-order valence-corrected chi connectivity index (χ0v) is 11.8. The lowest BCUT2D eigenvalue weighted by Crippen LogP contribution is -2.24. The van der Waals surface area contributed by atoms with Crippen LogP contribution in [0.5, 0.6) is 0 Å². The number of nitrogens with one attached hydrogen (secondary N) is 2. The molecule has 3 rings (SSSR count). The van der Waals surface area contributed by atoms with Gasteiger partial charge in [-0.2, -0.15) is 0 Å². The number of hydrogen-bond acceptors (Lipinski definition) is 4. The van der Waals surface area contributed by atoms with Gasteiger partial charge in [0.1, 0.15) is 6.29 Å². The Hall–Kier alpha value is -2.40. The third-order valence-electron chi connectivity index (χ3n) is 3.20. The van der Waals surface area contributed by atoms with Gasteiger partial charge in [0.15, 0.2) is 0 Å². The summed E-state index contributed by atoms with van der Waals surface area (Å²) in [4.78, 5) is 22.5. The van der Waals surface area contributed by atoms with Crippen molar-refractivity contribution >= 4 is 34.5 Å². The number of aromatic amines is 1. The van der Waals surface area contributed by atoms with Crippen LogP contribution in [0.1, 0.15) is 5.69 Å². The second-order valence-corrected chi connectivity index (χ2v) is 5.12. The fourth-order valence-electron chi connectivity index (χ4n) is 2.21. The van der Waals surface area contributed by atoms with E-state index >= 15 is 0 Å². The van der Waals surface area contributed by atoms with E-state index in [1.807, 2.05) is 18.2 Å². The Bertz CT molecular complexity index is 757. The molecule has 0 saturated carbocycles. The number of benzene rings is 1. The summed E-state index contributed by atoms with van der Waals surface area (Å²) in [5, 5.41) is 4.80. The van der Waals surface area contributed by atoms with Crippen molar-refractivity contribution < 1.29 is 4.79 Å². The molecule has 0 amide bonds. The van der Waals surface area contributed by atoms with E-state index in [4.69, 9.17) is 11.6 Å².